The van der Waals surface area contributed by atoms with E-state index in [4.69, 9.17) is 4.98 Å². The van der Waals surface area contributed by atoms with E-state index in [2.05, 4.69) is 27.6 Å². The Balaban J connectivity index is 1.43. The van der Waals surface area contributed by atoms with Gasteiger partial charge in [0.25, 0.3) is 0 Å². The van der Waals surface area contributed by atoms with Gasteiger partial charge in [0.2, 0.25) is 0 Å². The molecule has 2 aromatic rings. The smallest absolute Gasteiger partial charge is 0.320 e. The summed E-state index contributed by atoms with van der Waals surface area (Å²) >= 11 is 0. The van der Waals surface area contributed by atoms with Crippen LogP contribution in [0.3, 0.4) is 0 Å². The van der Waals surface area contributed by atoms with Crippen molar-refractivity contribution in [2.75, 3.05) is 26.7 Å². The van der Waals surface area contributed by atoms with Gasteiger partial charge >= 0.3 is 5.97 Å². The van der Waals surface area contributed by atoms with Gasteiger partial charge in [-0.25, -0.2) is 4.98 Å². The van der Waals surface area contributed by atoms with Crippen LogP contribution in [0.5, 0.6) is 0 Å². The van der Waals surface area contributed by atoms with Crippen molar-refractivity contribution in [2.24, 2.45) is 5.41 Å². The summed E-state index contributed by atoms with van der Waals surface area (Å²) in [6.45, 7) is 5.86. The standard InChI is InChI=1S/C19H26N4O2/c1-14-20-15(16-5-3-4-8-23(14)16)12-22-9-6-19(7-10-22)11-17(18(24)25)21(2)13-19/h3-5,8,17H,6-7,9-13H2,1-2H3,(H,24,25)/t17-/m1/s1. The number of rotatable bonds is 3. The van der Waals surface area contributed by atoms with Gasteiger partial charge in [0, 0.05) is 19.3 Å². The fourth-order valence-corrected chi connectivity index (χ4v) is 4.69. The lowest BCUT2D eigenvalue weighted by atomic mass is 9.76. The van der Waals surface area contributed by atoms with Gasteiger partial charge in [0.15, 0.2) is 0 Å². The number of likely N-dealkylation sites (tertiary alicyclic amines) is 2. The molecule has 2 aromatic heterocycles. The molecule has 0 aliphatic carbocycles. The van der Waals surface area contributed by atoms with E-state index in [1.165, 1.54) is 5.52 Å². The second-order valence-corrected chi connectivity index (χ2v) is 7.81. The molecule has 1 N–H and O–H groups in total. The number of likely N-dealkylation sites (N-methyl/N-ethyl adjacent to an activating group) is 1. The molecule has 25 heavy (non-hydrogen) atoms. The molecule has 0 amide bonds. The van der Waals surface area contributed by atoms with Gasteiger partial charge in [-0.05, 0) is 63.9 Å². The van der Waals surface area contributed by atoms with Crippen LogP contribution in [-0.4, -0.2) is 63.0 Å². The second-order valence-electron chi connectivity index (χ2n) is 7.81. The van der Waals surface area contributed by atoms with Crippen molar-refractivity contribution in [1.82, 2.24) is 19.2 Å². The first-order valence-corrected chi connectivity index (χ1v) is 9.05. The third-order valence-electron chi connectivity index (χ3n) is 6.12. The summed E-state index contributed by atoms with van der Waals surface area (Å²) in [4.78, 5) is 20.6. The van der Waals surface area contributed by atoms with Crippen LogP contribution in [-0.2, 0) is 11.3 Å². The van der Waals surface area contributed by atoms with Crippen LogP contribution in [0, 0.1) is 12.3 Å². The maximum atomic E-state index is 11.4. The largest absolute Gasteiger partial charge is 0.480 e. The number of hydrogen-bond donors (Lipinski definition) is 1. The zero-order valence-corrected chi connectivity index (χ0v) is 15.0. The van der Waals surface area contributed by atoms with Crippen LogP contribution in [0.1, 0.15) is 30.8 Å². The predicted molar refractivity (Wildman–Crippen MR) is 95.5 cm³/mol. The molecule has 4 heterocycles. The molecule has 0 aromatic carbocycles. The van der Waals surface area contributed by atoms with Crippen molar-refractivity contribution in [3.63, 3.8) is 0 Å². The normalized spacial score (nSPS) is 24.3. The number of nitrogens with zero attached hydrogens (tertiary/aromatic N) is 4. The Morgan fingerprint density at radius 1 is 1.36 bits per heavy atom. The number of carbonyl (C=O) groups is 1. The Kier molecular flexibility index (Phi) is 4.04. The highest BCUT2D eigenvalue weighted by atomic mass is 16.4. The van der Waals surface area contributed by atoms with Crippen LogP contribution in [0.4, 0.5) is 0 Å². The van der Waals surface area contributed by atoms with Crippen LogP contribution in [0.15, 0.2) is 24.4 Å². The summed E-state index contributed by atoms with van der Waals surface area (Å²) in [5, 5.41) is 9.38. The number of fused-ring (bicyclic) bond motifs is 1. The van der Waals surface area contributed by atoms with Gasteiger partial charge in [0.05, 0.1) is 11.2 Å². The van der Waals surface area contributed by atoms with Crippen LogP contribution in [0.2, 0.25) is 0 Å². The zero-order chi connectivity index (χ0) is 17.6. The first-order valence-electron chi connectivity index (χ1n) is 9.05. The van der Waals surface area contributed by atoms with E-state index in [1.807, 2.05) is 24.9 Å². The summed E-state index contributed by atoms with van der Waals surface area (Å²) in [7, 11) is 1.94. The number of aliphatic carboxylic acids is 1. The first kappa shape index (κ1) is 16.5. The number of hydrogen-bond acceptors (Lipinski definition) is 4. The molecule has 1 spiro atoms. The third kappa shape index (κ3) is 2.93. The molecule has 2 saturated heterocycles. The van der Waals surface area contributed by atoms with E-state index >= 15 is 0 Å². The van der Waals surface area contributed by atoms with Gasteiger partial charge in [-0.2, -0.15) is 0 Å². The highest BCUT2D eigenvalue weighted by Gasteiger charge is 2.46. The molecular formula is C19H26N4O2. The van der Waals surface area contributed by atoms with Gasteiger partial charge in [-0.15, -0.1) is 0 Å². The molecule has 2 aliphatic rings. The van der Waals surface area contributed by atoms with Crippen LogP contribution < -0.4 is 0 Å². The highest BCUT2D eigenvalue weighted by Crippen LogP contribution is 2.43. The third-order valence-corrected chi connectivity index (χ3v) is 6.12. The van der Waals surface area contributed by atoms with Gasteiger partial charge in [-0.1, -0.05) is 6.07 Å². The van der Waals surface area contributed by atoms with Crippen LogP contribution >= 0.6 is 0 Å². The highest BCUT2D eigenvalue weighted by molar-refractivity contribution is 5.74. The molecule has 1 atom stereocenters. The quantitative estimate of drug-likeness (QED) is 0.925. The van der Waals surface area contributed by atoms with Crippen molar-refractivity contribution in [1.29, 1.82) is 0 Å². The number of carboxylic acids is 1. The van der Waals surface area contributed by atoms with Crippen molar-refractivity contribution >= 4 is 11.5 Å². The first-order chi connectivity index (χ1) is 12.0. The Morgan fingerprint density at radius 2 is 2.12 bits per heavy atom. The number of aryl methyl sites for hydroxylation is 1. The molecular weight excluding hydrogens is 316 g/mol. The maximum Gasteiger partial charge on any atom is 0.320 e. The molecule has 4 rings (SSSR count). The van der Waals surface area contributed by atoms with E-state index in [1.54, 1.807) is 0 Å². The van der Waals surface area contributed by atoms with Gasteiger partial charge in [-0.3, -0.25) is 14.6 Å². The minimum Gasteiger partial charge on any atom is -0.480 e. The van der Waals surface area contributed by atoms with Gasteiger partial charge < -0.3 is 9.51 Å². The maximum absolute atomic E-state index is 11.4. The number of pyridine rings is 1. The lowest BCUT2D eigenvalue weighted by Crippen LogP contribution is -2.41. The van der Waals surface area contributed by atoms with E-state index in [9.17, 15) is 9.90 Å². The fraction of sp³-hybridized carbons (Fsp3) is 0.579. The summed E-state index contributed by atoms with van der Waals surface area (Å²) in [5.41, 5.74) is 2.51. The summed E-state index contributed by atoms with van der Waals surface area (Å²) in [5.74, 6) is 0.350. The molecule has 0 saturated carbocycles. The molecule has 134 valence electrons. The minimum absolute atomic E-state index is 0.181. The number of carboxylic acid groups (broad SMARTS) is 1. The molecule has 6 heteroatoms. The fourth-order valence-electron chi connectivity index (χ4n) is 4.69. The number of imidazole rings is 1. The molecule has 6 nitrogen and oxygen atoms in total. The molecule has 0 radical (unpaired) electrons. The van der Waals surface area contributed by atoms with Crippen molar-refractivity contribution in [3.05, 3.63) is 35.9 Å². The van der Waals surface area contributed by atoms with E-state index in [-0.39, 0.29) is 11.5 Å². The van der Waals surface area contributed by atoms with Gasteiger partial charge in [0.1, 0.15) is 11.9 Å². The Morgan fingerprint density at radius 3 is 2.80 bits per heavy atom. The Labute approximate surface area is 148 Å². The predicted octanol–water partition coefficient (Wildman–Crippen LogP) is 2.01. The lowest BCUT2D eigenvalue weighted by Gasteiger charge is -2.39. The molecule has 2 aliphatic heterocycles. The summed E-state index contributed by atoms with van der Waals surface area (Å²) in [6, 6.07) is 5.91. The minimum atomic E-state index is -0.679. The SMILES string of the molecule is Cc1nc(CN2CCC3(CC2)C[C@H](C(=O)O)N(C)C3)c2ccccn12. The zero-order valence-electron chi connectivity index (χ0n) is 15.0. The van der Waals surface area contributed by atoms with E-state index in [0.717, 1.165) is 57.0 Å². The lowest BCUT2D eigenvalue weighted by molar-refractivity contribution is -0.141. The molecule has 0 bridgehead atoms. The second kappa shape index (κ2) is 6.11. The molecule has 0 unspecified atom stereocenters. The topological polar surface area (TPSA) is 61.1 Å². The number of aromatic nitrogens is 2. The number of piperidine rings is 1. The average Bonchev–Trinajstić information content (AvgIpc) is 3.08. The average molecular weight is 342 g/mol. The molecule has 2 fully saturated rings. The Hall–Kier alpha value is -1.92. The van der Waals surface area contributed by atoms with Crippen molar-refractivity contribution in [2.45, 2.75) is 38.8 Å². The van der Waals surface area contributed by atoms with Crippen molar-refractivity contribution in [3.8, 4) is 0 Å². The Bertz CT molecular complexity index is 792. The van der Waals surface area contributed by atoms with E-state index in [0.29, 0.717) is 0 Å². The van der Waals surface area contributed by atoms with E-state index < -0.39 is 5.97 Å². The monoisotopic (exact) mass is 342 g/mol. The summed E-state index contributed by atoms with van der Waals surface area (Å²) < 4.78 is 2.14. The van der Waals surface area contributed by atoms with Crippen molar-refractivity contribution < 1.29 is 9.90 Å². The van der Waals surface area contributed by atoms with Crippen LogP contribution in [0.25, 0.3) is 5.52 Å². The summed E-state index contributed by atoms with van der Waals surface area (Å²) in [6.07, 6.45) is 5.00.